The minimum Gasteiger partial charge on any atom is -0.399 e. The molecule has 0 spiro atoms. The van der Waals surface area contributed by atoms with Crippen molar-refractivity contribution in [3.63, 3.8) is 0 Å². The third kappa shape index (κ3) is 3.02. The molecule has 0 saturated heterocycles. The largest absolute Gasteiger partial charge is 0.399 e. The van der Waals surface area contributed by atoms with Gasteiger partial charge in [0.15, 0.2) is 0 Å². The van der Waals surface area contributed by atoms with E-state index in [-0.39, 0.29) is 5.41 Å². The second-order valence-electron chi connectivity index (χ2n) is 5.97. The van der Waals surface area contributed by atoms with Crippen LogP contribution in [0.5, 0.6) is 0 Å². The van der Waals surface area contributed by atoms with Crippen LogP contribution < -0.4 is 11.1 Å². The summed E-state index contributed by atoms with van der Waals surface area (Å²) in [5.74, 6) is 0. The Labute approximate surface area is 127 Å². The number of pyridine rings is 1. The Kier molecular flexibility index (Phi) is 3.87. The first kappa shape index (κ1) is 14.6. The summed E-state index contributed by atoms with van der Waals surface area (Å²) in [5, 5.41) is 13.5. The van der Waals surface area contributed by atoms with Crippen LogP contribution in [0.1, 0.15) is 26.3 Å². The molecule has 0 aliphatic carbocycles. The number of aromatic nitrogens is 1. The number of hydrogen-bond donors (Lipinski definition) is 2. The van der Waals surface area contributed by atoms with Crippen LogP contribution in [0.2, 0.25) is 0 Å². The third-order valence-corrected chi connectivity index (χ3v) is 3.47. The Balaban J connectivity index is 2.62. The van der Waals surface area contributed by atoms with Crippen LogP contribution in [0.25, 0.3) is 10.9 Å². The van der Waals surface area contributed by atoms with Crippen LogP contribution in [0.15, 0.2) is 22.8 Å². The molecule has 2 rings (SSSR count). The van der Waals surface area contributed by atoms with Crippen molar-refractivity contribution in [1.82, 2.24) is 4.98 Å². The smallest absolute Gasteiger partial charge is 0.103 e. The predicted molar refractivity (Wildman–Crippen MR) is 86.5 cm³/mol. The number of nitrogens with two attached hydrogens (primary N) is 1. The Morgan fingerprint density at radius 1 is 1.40 bits per heavy atom. The van der Waals surface area contributed by atoms with E-state index in [9.17, 15) is 5.26 Å². The van der Waals surface area contributed by atoms with Gasteiger partial charge in [-0.15, -0.1) is 0 Å². The van der Waals surface area contributed by atoms with Gasteiger partial charge in [-0.25, -0.2) is 0 Å². The molecule has 104 valence electrons. The van der Waals surface area contributed by atoms with Gasteiger partial charge < -0.3 is 11.1 Å². The van der Waals surface area contributed by atoms with Crippen LogP contribution in [-0.2, 0) is 0 Å². The zero-order chi connectivity index (χ0) is 14.9. The molecular formula is C15H17BrN4. The van der Waals surface area contributed by atoms with E-state index in [0.717, 1.165) is 27.6 Å². The molecular weight excluding hydrogens is 316 g/mol. The minimum atomic E-state index is 0.111. The Morgan fingerprint density at radius 3 is 2.70 bits per heavy atom. The second-order valence-corrected chi connectivity index (χ2v) is 6.83. The normalized spacial score (nSPS) is 11.3. The molecule has 2 aromatic rings. The van der Waals surface area contributed by atoms with Crippen LogP contribution in [-0.4, -0.2) is 11.5 Å². The molecule has 0 fully saturated rings. The number of benzene rings is 1. The highest BCUT2D eigenvalue weighted by Crippen LogP contribution is 2.33. The number of nitriles is 1. The van der Waals surface area contributed by atoms with Gasteiger partial charge in [0.2, 0.25) is 0 Å². The standard InChI is InChI=1S/C15H17BrN4/c1-15(2,3)8-20-13-9(6-17)7-19-14-11(13)4-10(18)5-12(14)16/h4-5,7H,8,18H2,1-3H3,(H,19,20). The van der Waals surface area contributed by atoms with Crippen LogP contribution >= 0.6 is 15.9 Å². The fourth-order valence-electron chi connectivity index (χ4n) is 1.91. The SMILES string of the molecule is CC(C)(C)CNc1c(C#N)cnc2c(Br)cc(N)cc12. The topological polar surface area (TPSA) is 74.7 Å². The summed E-state index contributed by atoms with van der Waals surface area (Å²) < 4.78 is 0.829. The molecule has 1 heterocycles. The Morgan fingerprint density at radius 2 is 2.10 bits per heavy atom. The third-order valence-electron chi connectivity index (χ3n) is 2.86. The quantitative estimate of drug-likeness (QED) is 0.817. The lowest BCUT2D eigenvalue weighted by molar-refractivity contribution is 0.443. The van der Waals surface area contributed by atoms with Gasteiger partial charge in [-0.05, 0) is 33.5 Å². The second kappa shape index (κ2) is 5.29. The van der Waals surface area contributed by atoms with Crippen molar-refractivity contribution in [1.29, 1.82) is 5.26 Å². The van der Waals surface area contributed by atoms with Gasteiger partial charge >= 0.3 is 0 Å². The maximum atomic E-state index is 9.27. The van der Waals surface area contributed by atoms with Gasteiger partial charge in [-0.1, -0.05) is 20.8 Å². The summed E-state index contributed by atoms with van der Waals surface area (Å²) in [6, 6.07) is 5.84. The summed E-state index contributed by atoms with van der Waals surface area (Å²) in [4.78, 5) is 4.33. The average Bonchev–Trinajstić information content (AvgIpc) is 2.34. The number of halogens is 1. The van der Waals surface area contributed by atoms with E-state index in [2.05, 4.69) is 53.1 Å². The molecule has 20 heavy (non-hydrogen) atoms. The molecule has 4 nitrogen and oxygen atoms in total. The van der Waals surface area contributed by atoms with E-state index >= 15 is 0 Å². The molecule has 0 radical (unpaired) electrons. The van der Waals surface area contributed by atoms with Gasteiger partial charge in [-0.3, -0.25) is 4.98 Å². The highest BCUT2D eigenvalue weighted by Gasteiger charge is 2.15. The monoisotopic (exact) mass is 332 g/mol. The molecule has 3 N–H and O–H groups in total. The molecule has 0 saturated carbocycles. The van der Waals surface area contributed by atoms with Crippen molar-refractivity contribution in [2.75, 3.05) is 17.6 Å². The number of anilines is 2. The highest BCUT2D eigenvalue weighted by atomic mass is 79.9. The van der Waals surface area contributed by atoms with E-state index in [4.69, 9.17) is 5.73 Å². The zero-order valence-electron chi connectivity index (χ0n) is 11.8. The van der Waals surface area contributed by atoms with Crippen molar-refractivity contribution in [3.05, 3.63) is 28.4 Å². The zero-order valence-corrected chi connectivity index (χ0v) is 13.4. The van der Waals surface area contributed by atoms with Crippen molar-refractivity contribution in [2.24, 2.45) is 5.41 Å². The number of rotatable bonds is 2. The highest BCUT2D eigenvalue weighted by molar-refractivity contribution is 9.10. The van der Waals surface area contributed by atoms with Crippen LogP contribution in [0.3, 0.4) is 0 Å². The summed E-state index contributed by atoms with van der Waals surface area (Å²) in [5.41, 5.74) is 8.77. The molecule has 1 aromatic heterocycles. The average molecular weight is 333 g/mol. The van der Waals surface area contributed by atoms with Gasteiger partial charge in [0.25, 0.3) is 0 Å². The van der Waals surface area contributed by atoms with E-state index in [1.54, 1.807) is 6.20 Å². The summed E-state index contributed by atoms with van der Waals surface area (Å²) in [6.45, 7) is 7.17. The van der Waals surface area contributed by atoms with Gasteiger partial charge in [0.1, 0.15) is 6.07 Å². The number of nitrogens with one attached hydrogen (secondary N) is 1. The van der Waals surface area contributed by atoms with Gasteiger partial charge in [0, 0.05) is 28.3 Å². The number of nitrogens with zero attached hydrogens (tertiary/aromatic N) is 2. The number of hydrogen-bond acceptors (Lipinski definition) is 4. The Bertz CT molecular complexity index is 696. The fraction of sp³-hybridized carbons (Fsp3) is 0.333. The van der Waals surface area contributed by atoms with E-state index in [1.165, 1.54) is 0 Å². The van der Waals surface area contributed by atoms with Gasteiger partial charge in [-0.2, -0.15) is 5.26 Å². The molecule has 0 bridgehead atoms. The fourth-order valence-corrected chi connectivity index (χ4v) is 2.49. The lowest BCUT2D eigenvalue weighted by Crippen LogP contribution is -2.19. The van der Waals surface area contributed by atoms with Crippen molar-refractivity contribution < 1.29 is 0 Å². The lowest BCUT2D eigenvalue weighted by Gasteiger charge is -2.21. The number of fused-ring (bicyclic) bond motifs is 1. The molecule has 0 atom stereocenters. The molecule has 0 aliphatic rings. The summed E-state index contributed by atoms with van der Waals surface area (Å²) >= 11 is 3.47. The first-order valence-electron chi connectivity index (χ1n) is 6.33. The van der Waals surface area contributed by atoms with Crippen LogP contribution in [0.4, 0.5) is 11.4 Å². The summed E-state index contributed by atoms with van der Waals surface area (Å²) in [6.07, 6.45) is 1.59. The Hall–Kier alpha value is -1.80. The molecule has 1 aromatic carbocycles. The first-order chi connectivity index (χ1) is 9.31. The van der Waals surface area contributed by atoms with E-state index < -0.39 is 0 Å². The first-order valence-corrected chi connectivity index (χ1v) is 7.13. The van der Waals surface area contributed by atoms with E-state index in [1.807, 2.05) is 12.1 Å². The predicted octanol–water partition coefficient (Wildman–Crippen LogP) is 3.91. The molecule has 0 aliphatic heterocycles. The molecule has 0 unspecified atom stereocenters. The lowest BCUT2D eigenvalue weighted by atomic mass is 9.96. The van der Waals surface area contributed by atoms with Gasteiger partial charge in [0.05, 0.1) is 16.8 Å². The maximum Gasteiger partial charge on any atom is 0.103 e. The number of nitrogen functional groups attached to an aromatic ring is 1. The maximum absolute atomic E-state index is 9.27. The minimum absolute atomic E-state index is 0.111. The van der Waals surface area contributed by atoms with Crippen molar-refractivity contribution in [3.8, 4) is 6.07 Å². The van der Waals surface area contributed by atoms with Crippen molar-refractivity contribution in [2.45, 2.75) is 20.8 Å². The van der Waals surface area contributed by atoms with Crippen molar-refractivity contribution >= 4 is 38.2 Å². The molecule has 0 amide bonds. The van der Waals surface area contributed by atoms with Crippen LogP contribution in [0, 0.1) is 16.7 Å². The summed E-state index contributed by atoms with van der Waals surface area (Å²) in [7, 11) is 0. The van der Waals surface area contributed by atoms with E-state index in [0.29, 0.717) is 11.3 Å². The molecule has 5 heteroatoms.